The molecule has 0 atom stereocenters. The molecule has 0 spiro atoms. The summed E-state index contributed by atoms with van der Waals surface area (Å²) >= 11 is 0. The van der Waals surface area contributed by atoms with Gasteiger partial charge < -0.3 is 4.57 Å². The van der Waals surface area contributed by atoms with Gasteiger partial charge in [0.25, 0.3) is 0 Å². The predicted molar refractivity (Wildman–Crippen MR) is 140 cm³/mol. The van der Waals surface area contributed by atoms with E-state index in [2.05, 4.69) is 128 Å². The fourth-order valence-corrected chi connectivity index (χ4v) is 4.87. The van der Waals surface area contributed by atoms with Gasteiger partial charge in [-0.2, -0.15) is 0 Å². The fourth-order valence-electron chi connectivity index (χ4n) is 4.87. The van der Waals surface area contributed by atoms with Crippen molar-refractivity contribution in [2.45, 2.75) is 26.2 Å². The molecule has 0 amide bonds. The minimum atomic E-state index is 0.115. The number of hydrogen-bond acceptors (Lipinski definition) is 1. The van der Waals surface area contributed by atoms with Gasteiger partial charge in [0.1, 0.15) is 0 Å². The quantitative estimate of drug-likeness (QED) is 0.272. The lowest BCUT2D eigenvalue weighted by atomic mass is 9.86. The number of benzene rings is 4. The average molecular weight is 427 g/mol. The molecule has 0 unspecified atom stereocenters. The van der Waals surface area contributed by atoms with Gasteiger partial charge in [0.15, 0.2) is 0 Å². The van der Waals surface area contributed by atoms with Crippen LogP contribution in [0.4, 0.5) is 0 Å². The highest BCUT2D eigenvalue weighted by Gasteiger charge is 2.21. The van der Waals surface area contributed by atoms with E-state index < -0.39 is 0 Å². The van der Waals surface area contributed by atoms with Gasteiger partial charge in [0.2, 0.25) is 0 Å². The topological polar surface area (TPSA) is 17.8 Å². The van der Waals surface area contributed by atoms with Crippen molar-refractivity contribution < 1.29 is 0 Å². The van der Waals surface area contributed by atoms with Crippen LogP contribution in [0.25, 0.3) is 49.7 Å². The number of rotatable bonds is 2. The van der Waals surface area contributed by atoms with Gasteiger partial charge in [-0.05, 0) is 35.2 Å². The molecule has 160 valence electrons. The first-order valence-electron chi connectivity index (χ1n) is 11.5. The molecule has 0 radical (unpaired) electrons. The van der Waals surface area contributed by atoms with Crippen LogP contribution in [0.3, 0.4) is 0 Å². The Balaban J connectivity index is 1.79. The average Bonchev–Trinajstić information content (AvgIpc) is 3.19. The van der Waals surface area contributed by atoms with Crippen molar-refractivity contribution in [1.29, 1.82) is 0 Å². The first-order chi connectivity index (χ1) is 16.0. The van der Waals surface area contributed by atoms with Crippen molar-refractivity contribution in [3.8, 4) is 16.9 Å². The summed E-state index contributed by atoms with van der Waals surface area (Å²) in [5, 5.41) is 3.70. The molecule has 2 heteroatoms. The monoisotopic (exact) mass is 426 g/mol. The summed E-state index contributed by atoms with van der Waals surface area (Å²) in [5.74, 6) is 0. The number of para-hydroxylation sites is 3. The molecule has 2 aromatic heterocycles. The molecule has 6 aromatic rings. The van der Waals surface area contributed by atoms with Crippen LogP contribution in [0.2, 0.25) is 0 Å². The van der Waals surface area contributed by atoms with Crippen molar-refractivity contribution in [3.05, 3.63) is 109 Å². The maximum atomic E-state index is 5.23. The van der Waals surface area contributed by atoms with Crippen LogP contribution in [0.15, 0.2) is 103 Å². The first-order valence-corrected chi connectivity index (χ1v) is 11.5. The van der Waals surface area contributed by atoms with Crippen molar-refractivity contribution in [2.24, 2.45) is 0 Å². The molecule has 0 aliphatic rings. The maximum absolute atomic E-state index is 5.23. The Kier molecular flexibility index (Phi) is 4.38. The Bertz CT molecular complexity index is 1620. The van der Waals surface area contributed by atoms with E-state index in [9.17, 15) is 0 Å². The fraction of sp³-hybridized carbons (Fsp3) is 0.129. The van der Waals surface area contributed by atoms with E-state index in [0.29, 0.717) is 0 Å². The summed E-state index contributed by atoms with van der Waals surface area (Å²) in [6.07, 6.45) is 0. The Morgan fingerprint density at radius 1 is 0.636 bits per heavy atom. The Labute approximate surface area is 194 Å². The van der Waals surface area contributed by atoms with E-state index in [1.807, 2.05) is 0 Å². The third kappa shape index (κ3) is 3.14. The SMILES string of the molecule is CC(C)(C)c1ccc(-c2nc3ccccc3c3c4ccccc4n(-c4ccccc4)c23)cc1. The summed E-state index contributed by atoms with van der Waals surface area (Å²) < 4.78 is 2.37. The summed E-state index contributed by atoms with van der Waals surface area (Å²) in [4.78, 5) is 5.23. The Morgan fingerprint density at radius 3 is 2.00 bits per heavy atom. The molecule has 4 aromatic carbocycles. The molecule has 0 fully saturated rings. The van der Waals surface area contributed by atoms with Crippen LogP contribution in [0.1, 0.15) is 26.3 Å². The minimum absolute atomic E-state index is 0.115. The van der Waals surface area contributed by atoms with Crippen LogP contribution in [-0.2, 0) is 5.41 Å². The highest BCUT2D eigenvalue weighted by molar-refractivity contribution is 6.23. The van der Waals surface area contributed by atoms with E-state index in [0.717, 1.165) is 28.0 Å². The molecule has 0 bridgehead atoms. The van der Waals surface area contributed by atoms with E-state index in [4.69, 9.17) is 4.98 Å². The number of pyridine rings is 1. The molecule has 2 heterocycles. The summed E-state index contributed by atoms with van der Waals surface area (Å²) in [5.41, 5.74) is 8.12. The van der Waals surface area contributed by atoms with Crippen molar-refractivity contribution in [1.82, 2.24) is 9.55 Å². The summed E-state index contributed by atoms with van der Waals surface area (Å²) in [6, 6.07) is 36.7. The molecule has 0 aliphatic heterocycles. The van der Waals surface area contributed by atoms with Crippen molar-refractivity contribution >= 4 is 32.7 Å². The molecular weight excluding hydrogens is 400 g/mol. The number of fused-ring (bicyclic) bond motifs is 5. The van der Waals surface area contributed by atoms with Gasteiger partial charge in [0, 0.05) is 27.4 Å². The van der Waals surface area contributed by atoms with Crippen molar-refractivity contribution in [2.75, 3.05) is 0 Å². The normalized spacial score (nSPS) is 12.1. The van der Waals surface area contributed by atoms with E-state index in [1.165, 1.54) is 27.2 Å². The maximum Gasteiger partial charge on any atom is 0.0956 e. The largest absolute Gasteiger partial charge is 0.307 e. The summed E-state index contributed by atoms with van der Waals surface area (Å²) in [6.45, 7) is 6.76. The minimum Gasteiger partial charge on any atom is -0.307 e. The third-order valence-corrected chi connectivity index (χ3v) is 6.54. The lowest BCUT2D eigenvalue weighted by Crippen LogP contribution is -2.10. The molecule has 6 rings (SSSR count). The van der Waals surface area contributed by atoms with Gasteiger partial charge >= 0.3 is 0 Å². The zero-order chi connectivity index (χ0) is 22.6. The molecule has 0 saturated carbocycles. The first kappa shape index (κ1) is 19.8. The second-order valence-electron chi connectivity index (χ2n) is 9.72. The number of nitrogens with zero attached hydrogens (tertiary/aromatic N) is 2. The van der Waals surface area contributed by atoms with Gasteiger partial charge in [-0.1, -0.05) is 99.6 Å². The predicted octanol–water partition coefficient (Wildman–Crippen LogP) is 8.30. The highest BCUT2D eigenvalue weighted by atomic mass is 15.0. The zero-order valence-corrected chi connectivity index (χ0v) is 19.2. The number of hydrogen-bond donors (Lipinski definition) is 0. The smallest absolute Gasteiger partial charge is 0.0956 e. The second kappa shape index (κ2) is 7.31. The second-order valence-corrected chi connectivity index (χ2v) is 9.72. The van der Waals surface area contributed by atoms with Gasteiger partial charge in [-0.15, -0.1) is 0 Å². The van der Waals surface area contributed by atoms with Gasteiger partial charge in [-0.3, -0.25) is 0 Å². The standard InChI is InChI=1S/C31H26N2/c1-31(2,3)22-19-17-21(18-20-22)29-30-28(24-13-7-9-15-26(24)32-29)25-14-8-10-16-27(25)33(30)23-11-5-4-6-12-23/h4-20H,1-3H3. The van der Waals surface area contributed by atoms with E-state index in [-0.39, 0.29) is 5.41 Å². The molecule has 2 nitrogen and oxygen atoms in total. The summed E-state index contributed by atoms with van der Waals surface area (Å²) in [7, 11) is 0. The highest BCUT2D eigenvalue weighted by Crippen LogP contribution is 2.41. The lowest BCUT2D eigenvalue weighted by Gasteiger charge is -2.19. The molecule has 33 heavy (non-hydrogen) atoms. The van der Waals surface area contributed by atoms with Gasteiger partial charge in [-0.25, -0.2) is 4.98 Å². The Hall–Kier alpha value is -3.91. The number of aromatic nitrogens is 2. The van der Waals surface area contributed by atoms with E-state index >= 15 is 0 Å². The van der Waals surface area contributed by atoms with Crippen LogP contribution < -0.4 is 0 Å². The van der Waals surface area contributed by atoms with Gasteiger partial charge in [0.05, 0.1) is 22.2 Å². The third-order valence-electron chi connectivity index (χ3n) is 6.54. The van der Waals surface area contributed by atoms with Crippen LogP contribution >= 0.6 is 0 Å². The van der Waals surface area contributed by atoms with Crippen molar-refractivity contribution in [3.63, 3.8) is 0 Å². The molecular formula is C31H26N2. The van der Waals surface area contributed by atoms with E-state index in [1.54, 1.807) is 0 Å². The molecule has 0 aliphatic carbocycles. The zero-order valence-electron chi connectivity index (χ0n) is 19.2. The Morgan fingerprint density at radius 2 is 1.27 bits per heavy atom. The van der Waals surface area contributed by atoms with Crippen LogP contribution in [-0.4, -0.2) is 9.55 Å². The lowest BCUT2D eigenvalue weighted by molar-refractivity contribution is 0.590. The molecule has 0 saturated heterocycles. The molecule has 0 N–H and O–H groups in total. The van der Waals surface area contributed by atoms with Crippen LogP contribution in [0, 0.1) is 0 Å². The van der Waals surface area contributed by atoms with Crippen LogP contribution in [0.5, 0.6) is 0 Å².